The zero-order chi connectivity index (χ0) is 14.5. The van der Waals surface area contributed by atoms with Gasteiger partial charge in [0.05, 0.1) is 11.4 Å². The van der Waals surface area contributed by atoms with Crippen LogP contribution < -0.4 is 5.32 Å². The van der Waals surface area contributed by atoms with Crippen molar-refractivity contribution in [3.05, 3.63) is 53.1 Å². The number of benzene rings is 1. The quantitative estimate of drug-likeness (QED) is 0.894. The number of aliphatic carboxylic acids is 1. The van der Waals surface area contributed by atoms with E-state index in [0.717, 1.165) is 11.1 Å². The van der Waals surface area contributed by atoms with Crippen molar-refractivity contribution in [2.45, 2.75) is 18.6 Å². The van der Waals surface area contributed by atoms with Crippen LogP contribution in [0.25, 0.3) is 5.57 Å². The molecule has 1 aliphatic rings. The molecular weight excluding hydrogens is 274 g/mol. The van der Waals surface area contributed by atoms with E-state index in [0.29, 0.717) is 5.03 Å². The minimum Gasteiger partial charge on any atom is -0.481 e. The molecule has 1 aromatic rings. The van der Waals surface area contributed by atoms with Crippen LogP contribution in [0.4, 0.5) is 0 Å². The molecule has 20 heavy (non-hydrogen) atoms. The highest BCUT2D eigenvalue weighted by molar-refractivity contribution is 8.04. The lowest BCUT2D eigenvalue weighted by atomic mass is 10.1. The Morgan fingerprint density at radius 3 is 2.75 bits per heavy atom. The van der Waals surface area contributed by atoms with Crippen LogP contribution in [0.2, 0.25) is 0 Å². The maximum Gasteiger partial charge on any atom is 0.305 e. The summed E-state index contributed by atoms with van der Waals surface area (Å²) < 4.78 is 0. The normalized spacial score (nSPS) is 21.1. The van der Waals surface area contributed by atoms with Crippen LogP contribution in [0.3, 0.4) is 0 Å². The Hall–Kier alpha value is -2.01. The molecular formula is C15H15NO3S. The predicted octanol–water partition coefficient (Wildman–Crippen LogP) is 2.64. The molecule has 1 atom stereocenters. The van der Waals surface area contributed by atoms with Gasteiger partial charge in [-0.3, -0.25) is 9.59 Å². The van der Waals surface area contributed by atoms with Crippen LogP contribution in [-0.2, 0) is 9.59 Å². The molecule has 1 aliphatic heterocycles. The number of amides is 1. The first kappa shape index (κ1) is 14.4. The summed E-state index contributed by atoms with van der Waals surface area (Å²) in [6.45, 7) is 1.99. The number of carbonyl (C=O) groups excluding carboxylic acids is 1. The number of nitrogens with one attached hydrogen (secondary N) is 1. The van der Waals surface area contributed by atoms with Crippen molar-refractivity contribution in [1.82, 2.24) is 5.32 Å². The highest BCUT2D eigenvalue weighted by atomic mass is 32.2. The molecule has 1 fully saturated rings. The van der Waals surface area contributed by atoms with Crippen molar-refractivity contribution in [2.24, 2.45) is 0 Å². The summed E-state index contributed by atoms with van der Waals surface area (Å²) in [6, 6.07) is 9.91. The van der Waals surface area contributed by atoms with Crippen molar-refractivity contribution in [3.8, 4) is 0 Å². The van der Waals surface area contributed by atoms with Gasteiger partial charge in [-0.25, -0.2) is 0 Å². The molecule has 1 heterocycles. The van der Waals surface area contributed by atoms with E-state index in [4.69, 9.17) is 5.11 Å². The van der Waals surface area contributed by atoms with Gasteiger partial charge in [-0.15, -0.1) is 0 Å². The molecule has 1 aromatic carbocycles. The number of carbonyl (C=O) groups is 2. The fourth-order valence-corrected chi connectivity index (χ4v) is 2.81. The van der Waals surface area contributed by atoms with Crippen LogP contribution in [0.1, 0.15) is 18.9 Å². The molecule has 1 unspecified atom stereocenters. The third-order valence-corrected chi connectivity index (χ3v) is 4.04. The number of carboxylic acid groups (broad SMARTS) is 1. The Kier molecular flexibility index (Phi) is 4.63. The summed E-state index contributed by atoms with van der Waals surface area (Å²) in [7, 11) is 0. The fraction of sp³-hybridized carbons (Fsp3) is 0.200. The first-order chi connectivity index (χ1) is 9.56. The van der Waals surface area contributed by atoms with E-state index in [1.165, 1.54) is 11.8 Å². The Labute approximate surface area is 121 Å². The van der Waals surface area contributed by atoms with Gasteiger partial charge < -0.3 is 10.4 Å². The van der Waals surface area contributed by atoms with Crippen molar-refractivity contribution < 1.29 is 14.7 Å². The van der Waals surface area contributed by atoms with Gasteiger partial charge in [0.2, 0.25) is 5.91 Å². The SMILES string of the molecule is C/C(=C/C=C1\NC(=O)C(CC(=O)O)S1)c1ccccc1. The molecule has 0 bridgehead atoms. The van der Waals surface area contributed by atoms with E-state index in [1.54, 1.807) is 0 Å². The second-order valence-electron chi connectivity index (χ2n) is 4.44. The number of hydrogen-bond acceptors (Lipinski definition) is 3. The highest BCUT2D eigenvalue weighted by Gasteiger charge is 2.30. The third-order valence-electron chi connectivity index (χ3n) is 2.88. The molecule has 0 saturated carbocycles. The van der Waals surface area contributed by atoms with Crippen LogP contribution >= 0.6 is 11.8 Å². The molecule has 1 amide bonds. The lowest BCUT2D eigenvalue weighted by Crippen LogP contribution is -2.24. The molecule has 2 N–H and O–H groups in total. The van der Waals surface area contributed by atoms with Crippen molar-refractivity contribution >= 4 is 29.2 Å². The summed E-state index contributed by atoms with van der Waals surface area (Å²) in [5.41, 5.74) is 2.19. The predicted molar refractivity (Wildman–Crippen MR) is 80.0 cm³/mol. The van der Waals surface area contributed by atoms with Crippen LogP contribution in [0.5, 0.6) is 0 Å². The summed E-state index contributed by atoms with van der Waals surface area (Å²) in [6.07, 6.45) is 3.57. The number of allylic oxidation sites excluding steroid dienone is 3. The Morgan fingerprint density at radius 2 is 2.10 bits per heavy atom. The molecule has 5 heteroatoms. The highest BCUT2D eigenvalue weighted by Crippen LogP contribution is 2.29. The van der Waals surface area contributed by atoms with E-state index < -0.39 is 11.2 Å². The topological polar surface area (TPSA) is 66.4 Å². The van der Waals surface area contributed by atoms with E-state index in [-0.39, 0.29) is 12.3 Å². The van der Waals surface area contributed by atoms with Crippen LogP contribution in [0.15, 0.2) is 47.5 Å². The Bertz CT molecular complexity index is 578. The van der Waals surface area contributed by atoms with Crippen molar-refractivity contribution in [3.63, 3.8) is 0 Å². The summed E-state index contributed by atoms with van der Waals surface area (Å²) in [4.78, 5) is 22.2. The minimum absolute atomic E-state index is 0.158. The zero-order valence-corrected chi connectivity index (χ0v) is 11.8. The second-order valence-corrected chi connectivity index (χ2v) is 5.68. The van der Waals surface area contributed by atoms with Gasteiger partial charge in [0, 0.05) is 0 Å². The van der Waals surface area contributed by atoms with Crippen LogP contribution in [0, 0.1) is 0 Å². The monoisotopic (exact) mass is 289 g/mol. The summed E-state index contributed by atoms with van der Waals surface area (Å²) in [5, 5.41) is 11.6. The van der Waals surface area contributed by atoms with Gasteiger partial charge in [0.15, 0.2) is 0 Å². The maximum absolute atomic E-state index is 11.6. The minimum atomic E-state index is -0.963. The number of carboxylic acids is 1. The largest absolute Gasteiger partial charge is 0.481 e. The van der Waals surface area contributed by atoms with Crippen molar-refractivity contribution in [1.29, 1.82) is 0 Å². The lowest BCUT2D eigenvalue weighted by Gasteiger charge is -2.00. The summed E-state index contributed by atoms with van der Waals surface area (Å²) >= 11 is 1.26. The zero-order valence-electron chi connectivity index (χ0n) is 11.0. The first-order valence-electron chi connectivity index (χ1n) is 6.19. The van der Waals surface area contributed by atoms with Crippen molar-refractivity contribution in [2.75, 3.05) is 0 Å². The molecule has 0 aromatic heterocycles. The van der Waals surface area contributed by atoms with Gasteiger partial charge in [-0.1, -0.05) is 48.2 Å². The van der Waals surface area contributed by atoms with E-state index in [1.807, 2.05) is 49.4 Å². The van der Waals surface area contributed by atoms with E-state index >= 15 is 0 Å². The van der Waals surface area contributed by atoms with Crippen LogP contribution in [-0.4, -0.2) is 22.2 Å². The average molecular weight is 289 g/mol. The van der Waals surface area contributed by atoms with Gasteiger partial charge in [0.25, 0.3) is 0 Å². The van der Waals surface area contributed by atoms with E-state index in [9.17, 15) is 9.59 Å². The second kappa shape index (κ2) is 6.43. The Balaban J connectivity index is 2.06. The molecule has 0 spiro atoms. The average Bonchev–Trinajstić information content (AvgIpc) is 2.77. The molecule has 0 aliphatic carbocycles. The number of hydrogen-bond donors (Lipinski definition) is 2. The first-order valence-corrected chi connectivity index (χ1v) is 7.07. The molecule has 104 valence electrons. The number of thioether (sulfide) groups is 1. The fourth-order valence-electron chi connectivity index (χ4n) is 1.81. The van der Waals surface area contributed by atoms with E-state index in [2.05, 4.69) is 5.32 Å². The van der Waals surface area contributed by atoms with Gasteiger partial charge in [-0.05, 0) is 24.1 Å². The molecule has 1 saturated heterocycles. The van der Waals surface area contributed by atoms with Gasteiger partial charge in [-0.2, -0.15) is 0 Å². The lowest BCUT2D eigenvalue weighted by molar-refractivity contribution is -0.138. The molecule has 0 radical (unpaired) electrons. The summed E-state index contributed by atoms with van der Waals surface area (Å²) in [5.74, 6) is -1.20. The maximum atomic E-state index is 11.6. The molecule has 2 rings (SSSR count). The van der Waals surface area contributed by atoms with Gasteiger partial charge >= 0.3 is 5.97 Å². The Morgan fingerprint density at radius 1 is 1.40 bits per heavy atom. The third kappa shape index (κ3) is 3.74. The molecule has 4 nitrogen and oxygen atoms in total. The van der Waals surface area contributed by atoms with Gasteiger partial charge in [0.1, 0.15) is 5.25 Å². The standard InChI is InChI=1S/C15H15NO3S/c1-10(11-5-3-2-4-6-11)7-8-13-16-15(19)12(20-13)9-14(17)18/h2-8,12H,9H2,1H3,(H,16,19)(H,17,18)/b10-7-,13-8+. The smallest absolute Gasteiger partial charge is 0.305 e. The number of rotatable bonds is 4.